The summed E-state index contributed by atoms with van der Waals surface area (Å²) in [5.74, 6) is -7.08. The van der Waals surface area contributed by atoms with Crippen molar-refractivity contribution in [1.29, 1.82) is 0 Å². The highest BCUT2D eigenvalue weighted by Gasteiger charge is 2.78. The third kappa shape index (κ3) is 15.6. The molecule has 3 aromatic rings. The van der Waals surface area contributed by atoms with Crippen molar-refractivity contribution in [3.05, 3.63) is 192 Å². The van der Waals surface area contributed by atoms with Gasteiger partial charge in [0.15, 0.2) is 17.5 Å². The maximum absolute atomic E-state index is 15.8. The van der Waals surface area contributed by atoms with Crippen LogP contribution in [0.15, 0.2) is 175 Å². The Balaban J connectivity index is 1.17. The molecule has 3 aromatic carbocycles. The summed E-state index contributed by atoms with van der Waals surface area (Å²) < 4.78 is 42.5. The van der Waals surface area contributed by atoms with Crippen LogP contribution in [0, 0.1) is 16.7 Å². The monoisotopic (exact) mass is 1190 g/mol. The highest BCUT2D eigenvalue weighted by molar-refractivity contribution is 5.96. The number of ketones is 1. The number of fused-ring (bicyclic) bond motifs is 5. The van der Waals surface area contributed by atoms with E-state index in [2.05, 4.69) is 73.0 Å². The lowest BCUT2D eigenvalue weighted by Gasteiger charge is -2.67. The maximum Gasteiger partial charge on any atom is 0.509 e. The van der Waals surface area contributed by atoms with Crippen molar-refractivity contribution in [3.63, 3.8) is 0 Å². The SMILES string of the molecule is CCC=CCC=CCC=CCC=CCC=CCC=CCCCOC(=O)OC(C(=O)OC1C[C@@]2(O)[C@@H](OC(=O)c3ccccc3)[C@@H]3[C@]4(OC(C)=O)CO[C@@H]4C[C@H](O)[C@@]3(C)C(=O)[C@H](OC(C)=O)C(=C1C)C2(C)C)[C@H](NC(=O)c1ccccc1)c1ccccc1. The molecular weight excluding hydrogens is 1110 g/mol. The molecule has 7 rings (SSSR count). The van der Waals surface area contributed by atoms with E-state index < -0.39 is 119 Å². The number of amides is 1. The number of nitrogens with one attached hydrogen (secondary N) is 1. The average molecular weight is 1190 g/mol. The van der Waals surface area contributed by atoms with Gasteiger partial charge in [-0.2, -0.15) is 0 Å². The van der Waals surface area contributed by atoms with Crippen molar-refractivity contribution in [3.8, 4) is 0 Å². The van der Waals surface area contributed by atoms with Gasteiger partial charge in [0.25, 0.3) is 5.91 Å². The number of unbranched alkanes of at least 4 members (excludes halogenated alkanes) is 1. The average Bonchev–Trinajstić information content (AvgIpc) is 0.682. The molecule has 87 heavy (non-hydrogen) atoms. The van der Waals surface area contributed by atoms with Crippen LogP contribution in [-0.2, 0) is 52.3 Å². The second-order valence-corrected chi connectivity index (χ2v) is 23.1. The van der Waals surface area contributed by atoms with Gasteiger partial charge in [-0.3, -0.25) is 19.2 Å². The summed E-state index contributed by atoms with van der Waals surface area (Å²) in [6.07, 6.45) is 19.4. The van der Waals surface area contributed by atoms with Crippen LogP contribution < -0.4 is 5.32 Å². The van der Waals surface area contributed by atoms with Gasteiger partial charge in [-0.1, -0.05) is 160 Å². The molecule has 11 atom stereocenters. The molecule has 1 amide bonds. The van der Waals surface area contributed by atoms with Crippen LogP contribution in [0.4, 0.5) is 4.79 Å². The van der Waals surface area contributed by atoms with Crippen molar-refractivity contribution in [2.45, 2.75) is 167 Å². The number of aliphatic hydroxyl groups excluding tert-OH is 1. The molecule has 3 aliphatic carbocycles. The number of hydrogen-bond donors (Lipinski definition) is 3. The molecule has 1 aliphatic heterocycles. The molecule has 0 spiro atoms. The molecular formula is C70H83NO16. The van der Waals surface area contributed by atoms with Crippen molar-refractivity contribution < 1.29 is 76.9 Å². The fourth-order valence-corrected chi connectivity index (χ4v) is 12.4. The van der Waals surface area contributed by atoms with Gasteiger partial charge in [0.2, 0.25) is 6.10 Å². The second-order valence-electron chi connectivity index (χ2n) is 23.1. The van der Waals surface area contributed by atoms with E-state index in [4.69, 9.17) is 33.2 Å². The fraction of sp³-hybridized carbons (Fsp3) is 0.443. The zero-order valence-corrected chi connectivity index (χ0v) is 50.8. The largest absolute Gasteiger partial charge is 0.509 e. The van der Waals surface area contributed by atoms with Crippen LogP contribution in [0.2, 0.25) is 0 Å². The Morgan fingerprint density at radius 1 is 0.713 bits per heavy atom. The molecule has 17 nitrogen and oxygen atoms in total. The number of esters is 4. The minimum absolute atomic E-state index is 0.0434. The van der Waals surface area contributed by atoms with Gasteiger partial charge in [0.05, 0.1) is 36.2 Å². The Labute approximate surface area is 510 Å². The lowest BCUT2D eigenvalue weighted by atomic mass is 9.44. The predicted octanol–water partition coefficient (Wildman–Crippen LogP) is 11.4. The lowest BCUT2D eigenvalue weighted by Crippen LogP contribution is -2.82. The van der Waals surface area contributed by atoms with Gasteiger partial charge in [-0.25, -0.2) is 14.4 Å². The highest BCUT2D eigenvalue weighted by atomic mass is 16.7. The third-order valence-corrected chi connectivity index (χ3v) is 17.0. The molecule has 17 heteroatoms. The summed E-state index contributed by atoms with van der Waals surface area (Å²) in [6, 6.07) is 22.8. The lowest BCUT2D eigenvalue weighted by molar-refractivity contribution is -0.346. The number of carbonyl (C=O) groups excluding carboxylic acids is 7. The second kappa shape index (κ2) is 30.6. The normalized spacial score (nSPS) is 26.6. The number of rotatable bonds is 26. The van der Waals surface area contributed by atoms with Gasteiger partial charge < -0.3 is 48.7 Å². The Morgan fingerprint density at radius 3 is 1.78 bits per heavy atom. The summed E-state index contributed by atoms with van der Waals surface area (Å²) in [5, 5.41) is 29.2. The molecule has 3 fully saturated rings. The van der Waals surface area contributed by atoms with Gasteiger partial charge >= 0.3 is 30.0 Å². The molecule has 2 saturated carbocycles. The van der Waals surface area contributed by atoms with Crippen LogP contribution in [-0.4, -0.2) is 113 Å². The van der Waals surface area contributed by atoms with Gasteiger partial charge in [-0.05, 0) is 106 Å². The zero-order valence-electron chi connectivity index (χ0n) is 50.8. The van der Waals surface area contributed by atoms with E-state index in [0.29, 0.717) is 24.8 Å². The summed E-state index contributed by atoms with van der Waals surface area (Å²) >= 11 is 0. The van der Waals surface area contributed by atoms with E-state index in [9.17, 15) is 34.2 Å². The van der Waals surface area contributed by atoms with Gasteiger partial charge in [0, 0.05) is 37.7 Å². The first kappa shape index (κ1) is 66.5. The highest BCUT2D eigenvalue weighted by Crippen LogP contribution is 2.64. The molecule has 0 radical (unpaired) electrons. The minimum atomic E-state index is -2.48. The molecule has 3 N–H and O–H groups in total. The van der Waals surface area contributed by atoms with Crippen LogP contribution in [0.3, 0.4) is 0 Å². The number of aliphatic hydroxyl groups is 2. The van der Waals surface area contributed by atoms with E-state index in [0.717, 1.165) is 46.0 Å². The van der Waals surface area contributed by atoms with Gasteiger partial charge in [-0.15, -0.1) is 0 Å². The number of allylic oxidation sites excluding steroid dienone is 12. The summed E-state index contributed by atoms with van der Waals surface area (Å²) in [4.78, 5) is 100. The summed E-state index contributed by atoms with van der Waals surface area (Å²) in [6.45, 7) is 9.92. The van der Waals surface area contributed by atoms with Crippen LogP contribution in [0.5, 0.6) is 0 Å². The summed E-state index contributed by atoms with van der Waals surface area (Å²) in [5.41, 5.74) is -7.52. The molecule has 2 unspecified atom stereocenters. The molecule has 4 aliphatic rings. The number of hydrogen-bond acceptors (Lipinski definition) is 16. The molecule has 1 saturated heterocycles. The Bertz CT molecular complexity index is 3110. The summed E-state index contributed by atoms with van der Waals surface area (Å²) in [7, 11) is 0. The molecule has 464 valence electrons. The first-order valence-electron chi connectivity index (χ1n) is 30.0. The first-order chi connectivity index (χ1) is 41.7. The van der Waals surface area contributed by atoms with Crippen LogP contribution in [0.1, 0.15) is 145 Å². The van der Waals surface area contributed by atoms with Crippen LogP contribution >= 0.6 is 0 Å². The van der Waals surface area contributed by atoms with E-state index in [-0.39, 0.29) is 41.9 Å². The smallest absolute Gasteiger partial charge is 0.455 e. The molecule has 1 heterocycles. The van der Waals surface area contributed by atoms with Crippen molar-refractivity contribution >= 4 is 41.7 Å². The number of benzene rings is 3. The van der Waals surface area contributed by atoms with Crippen molar-refractivity contribution in [2.24, 2.45) is 16.7 Å². The van der Waals surface area contributed by atoms with E-state index in [1.54, 1.807) is 92.7 Å². The first-order valence-corrected chi connectivity index (χ1v) is 30.0. The Morgan fingerprint density at radius 2 is 1.25 bits per heavy atom. The van der Waals surface area contributed by atoms with Crippen LogP contribution in [0.25, 0.3) is 0 Å². The standard InChI is InChI=1S/C70H83NO16/c1-8-9-10-11-12-13-14-15-16-17-18-19-20-21-22-23-24-25-26-36-43-81-66(79)85-59(57(50-37-30-27-31-38-50)71-63(76)51-39-32-28-33-40-51)65(78)84-53-45-70(80)62(86-64(77)52-41-34-29-35-42-52)60-68(7,54(74)44-55-69(60,46-82-55)87-49(4)73)61(75)58(83-48(3)72)56(47(53)2)67(70,5)6/h9-10,12-13,15-16,18-19,21-22,24-25,27-35,37-42,53-55,57-60,62,74,80H,8,11,14,17,20,23,26,36,43-46H2,1-7H3,(H,71,76)/t53?,54-,55+,57+,58+,59?,60-,62-,68+,69-,70+/m0/s1. The fourth-order valence-electron chi connectivity index (χ4n) is 12.4. The number of Topliss-reactive ketones (excluding diaryl/α,β-unsaturated/α-hetero) is 1. The predicted molar refractivity (Wildman–Crippen MR) is 325 cm³/mol. The molecule has 0 aromatic heterocycles. The Hall–Kier alpha value is -7.99. The topological polar surface area (TPSA) is 237 Å². The zero-order chi connectivity index (χ0) is 62.8. The van der Waals surface area contributed by atoms with Gasteiger partial charge in [0.1, 0.15) is 30.0 Å². The number of carbonyl (C=O) groups is 7. The molecule has 2 bridgehead atoms. The quantitative estimate of drug-likeness (QED) is 0.0293. The van der Waals surface area contributed by atoms with E-state index in [1.807, 2.05) is 12.2 Å². The Kier molecular flexibility index (Phi) is 23.4. The van der Waals surface area contributed by atoms with E-state index in [1.165, 1.54) is 26.0 Å². The van der Waals surface area contributed by atoms with Crippen molar-refractivity contribution in [2.75, 3.05) is 13.2 Å². The minimum Gasteiger partial charge on any atom is -0.455 e. The number of ether oxygens (including phenoxy) is 7. The third-order valence-electron chi connectivity index (χ3n) is 17.0. The van der Waals surface area contributed by atoms with Crippen molar-refractivity contribution in [1.82, 2.24) is 5.32 Å². The maximum atomic E-state index is 15.8. The van der Waals surface area contributed by atoms with E-state index >= 15 is 9.59 Å².